The third kappa shape index (κ3) is 10.3. The van der Waals surface area contributed by atoms with Crippen LogP contribution in [0.3, 0.4) is 0 Å². The molecule has 91 heavy (non-hydrogen) atoms. The Labute approximate surface area is 528 Å². The van der Waals surface area contributed by atoms with Crippen molar-refractivity contribution in [3.63, 3.8) is 0 Å². The molecule has 20 heteroatoms. The standard InChI is InChI=1S/C71H48IN19/c1-7-21-49(22-8-1)85-58-34-20-19-33-56(58)57-37-55(35-36-59(57)85)91-69-42-67(80-48-82-69)89(53-29-15-5-16-30-53)65-40-63(76-46-78-65)87(51-25-11-3-12-26-51)61-38-60(73-44-74-61)86(50-23-9-2-10-24-50)62-39-64(77-45-75-62)88(52-27-13-4-14-28-52)66-41-68(81-47-79-66)90(54-31-17-6-18-32-54)70-43-71(91)84-72-83-70/h1-48H. The number of fused-ring (bicyclic) bond motifs is 15. The van der Waals surface area contributed by atoms with Gasteiger partial charge in [0.2, 0.25) is 0 Å². The number of aromatic nitrogens is 17. The molecular formula is C71H48IN19. The van der Waals surface area contributed by atoms with Crippen LogP contribution in [0.25, 0.3) is 118 Å². The number of para-hydroxylation sites is 7. The van der Waals surface area contributed by atoms with Crippen molar-refractivity contribution in [3.05, 3.63) is 298 Å². The van der Waals surface area contributed by atoms with Gasteiger partial charge in [-0.15, -0.1) is 0 Å². The second kappa shape index (κ2) is 23.8. The minimum absolute atomic E-state index is 0.512. The van der Waals surface area contributed by atoms with Gasteiger partial charge in [0.1, 0.15) is 121 Å². The van der Waals surface area contributed by atoms with E-state index in [4.69, 9.17) is 56.2 Å². The highest BCUT2D eigenvalue weighted by Crippen LogP contribution is 2.34. The van der Waals surface area contributed by atoms with E-state index in [0.29, 0.717) is 67.8 Å². The zero-order chi connectivity index (χ0) is 60.5. The largest absolute Gasteiger partial charge is 0.309 e. The smallest absolute Gasteiger partial charge is 0.150 e. The van der Waals surface area contributed by atoms with E-state index in [1.807, 2.05) is 217 Å². The van der Waals surface area contributed by atoms with Gasteiger partial charge in [0, 0.05) is 87.0 Å². The molecule has 0 aliphatic carbocycles. The molecule has 12 bridgehead atoms. The quantitative estimate of drug-likeness (QED) is 0.139. The monoisotopic (exact) mass is 1290 g/mol. The van der Waals surface area contributed by atoms with Crippen molar-refractivity contribution in [1.29, 1.82) is 0 Å². The lowest BCUT2D eigenvalue weighted by molar-refractivity contribution is 0.969. The fraction of sp³-hybridized carbons (Fsp3) is 0. The lowest BCUT2D eigenvalue weighted by atomic mass is 10.1. The van der Waals surface area contributed by atoms with E-state index in [1.165, 1.54) is 0 Å². The summed E-state index contributed by atoms with van der Waals surface area (Å²) in [7, 11) is 0. The summed E-state index contributed by atoms with van der Waals surface area (Å²) < 4.78 is 25.0. The summed E-state index contributed by atoms with van der Waals surface area (Å²) >= 11 is -1.26. The van der Waals surface area contributed by atoms with Crippen molar-refractivity contribution in [2.24, 2.45) is 6.35 Å². The Kier molecular flexibility index (Phi) is 14.1. The van der Waals surface area contributed by atoms with E-state index < -0.39 is 21.3 Å². The van der Waals surface area contributed by atoms with E-state index in [1.54, 1.807) is 31.6 Å². The molecular weight excluding hydrogens is 1250 g/mol. The number of nitrogens with zero attached hydrogens (tertiary/aromatic N) is 19. The summed E-state index contributed by atoms with van der Waals surface area (Å²) in [6.07, 6.45) is 7.82. The third-order valence-corrected chi connectivity index (χ3v) is 16.9. The van der Waals surface area contributed by atoms with Gasteiger partial charge in [-0.1, -0.05) is 127 Å². The summed E-state index contributed by atoms with van der Waals surface area (Å²) in [5, 5.41) is 2.13. The van der Waals surface area contributed by atoms with Gasteiger partial charge < -0.3 is 4.57 Å². The molecule has 8 aromatic carbocycles. The summed E-state index contributed by atoms with van der Waals surface area (Å²) in [6.45, 7) is 0. The molecule has 0 fully saturated rings. The average molecular weight is 1290 g/mol. The number of rotatable bonds is 7. The normalized spacial score (nSPS) is 11.6. The Balaban J connectivity index is 1.11. The van der Waals surface area contributed by atoms with Crippen molar-refractivity contribution in [3.8, 4) is 39.8 Å². The van der Waals surface area contributed by atoms with Crippen molar-refractivity contribution in [2.45, 2.75) is 0 Å². The van der Waals surface area contributed by atoms with Gasteiger partial charge in [-0.05, 0) is 97.1 Å². The second-order valence-electron chi connectivity index (χ2n) is 20.9. The lowest BCUT2D eigenvalue weighted by Crippen LogP contribution is -2.19. The van der Waals surface area contributed by atoms with E-state index in [0.717, 1.165) is 61.6 Å². The number of benzene rings is 8. The Morgan fingerprint density at radius 3 is 0.890 bits per heavy atom. The Morgan fingerprint density at radius 2 is 0.516 bits per heavy atom. The number of hydrogen-bond donors (Lipinski definition) is 0. The maximum Gasteiger partial charge on any atom is 0.150 e. The fourth-order valence-corrected chi connectivity index (χ4v) is 12.8. The molecule has 16 rings (SSSR count). The van der Waals surface area contributed by atoms with Gasteiger partial charge in [-0.25, -0.2) is 49.8 Å². The van der Waals surface area contributed by atoms with Crippen LogP contribution in [0.4, 0.5) is 5.82 Å². The summed E-state index contributed by atoms with van der Waals surface area (Å²) in [4.78, 5) is 50.2. The highest BCUT2D eigenvalue weighted by atomic mass is 127. The fourth-order valence-electron chi connectivity index (χ4n) is 11.5. The van der Waals surface area contributed by atoms with Gasteiger partial charge in [0.25, 0.3) is 0 Å². The highest BCUT2D eigenvalue weighted by molar-refractivity contribution is 14.1. The van der Waals surface area contributed by atoms with Gasteiger partial charge >= 0.3 is 0 Å². The molecule has 0 amide bonds. The van der Waals surface area contributed by atoms with Crippen molar-refractivity contribution in [1.82, 2.24) is 81.8 Å². The molecule has 0 N–H and O–H groups in total. The lowest BCUT2D eigenvalue weighted by Gasteiger charge is -2.15. The van der Waals surface area contributed by atoms with Crippen LogP contribution in [-0.4, -0.2) is 81.8 Å². The molecule has 1 aliphatic rings. The predicted molar refractivity (Wildman–Crippen MR) is 363 cm³/mol. The summed E-state index contributed by atoms with van der Waals surface area (Å²) in [6, 6.07) is 87.2. The van der Waals surface area contributed by atoms with Crippen LogP contribution in [0, 0.1) is 0 Å². The van der Waals surface area contributed by atoms with Crippen LogP contribution in [-0.2, 0) is 0 Å². The van der Waals surface area contributed by atoms with E-state index in [-0.39, 0.29) is 0 Å². The summed E-state index contributed by atoms with van der Waals surface area (Å²) in [5.41, 5.74) is 13.7. The molecule has 0 radical (unpaired) electrons. The van der Waals surface area contributed by atoms with Crippen molar-refractivity contribution in [2.75, 3.05) is 0 Å². The zero-order valence-corrected chi connectivity index (χ0v) is 50.2. The first-order valence-electron chi connectivity index (χ1n) is 29.0. The van der Waals surface area contributed by atoms with Crippen LogP contribution in [0.5, 0.6) is 0 Å². The topological polar surface area (TPSA) is 188 Å². The second-order valence-corrected chi connectivity index (χ2v) is 22.3. The van der Waals surface area contributed by atoms with Crippen LogP contribution >= 0.6 is 21.3 Å². The zero-order valence-electron chi connectivity index (χ0n) is 48.1. The first-order chi connectivity index (χ1) is 45.1. The van der Waals surface area contributed by atoms with Gasteiger partial charge in [0.15, 0.2) is 0 Å². The molecule has 0 saturated carbocycles. The molecule has 0 unspecified atom stereocenters. The maximum absolute atomic E-state index is 5.35. The number of hydrogen-bond acceptors (Lipinski definition) is 12. The molecule has 15 aromatic rings. The van der Waals surface area contributed by atoms with Crippen molar-refractivity contribution >= 4 is 105 Å². The van der Waals surface area contributed by atoms with E-state index in [2.05, 4.69) is 75.9 Å². The van der Waals surface area contributed by atoms with Crippen LogP contribution < -0.4 is 5.49 Å². The van der Waals surface area contributed by atoms with E-state index in [9.17, 15) is 0 Å². The molecule has 8 heterocycles. The van der Waals surface area contributed by atoms with Crippen LogP contribution in [0.2, 0.25) is 0 Å². The SMILES string of the molecule is c1ccc(-n2c3cc(n(-c4ccc5c(c4)c4ccccc4n5-c4ccccc4)c4cc(ncn4)n(-c4ccccc4)c4cc(ncn4)n(-c4ccccc4)c4cc(ncn4)n(-c4ccccc4)c4cc(ncn4)n(-c4ccccc4)c4cc2ncn4)=NI=N3)cc1. The first-order valence-corrected chi connectivity index (χ1v) is 31.0. The Morgan fingerprint density at radius 1 is 0.220 bits per heavy atom. The minimum atomic E-state index is -1.26. The maximum atomic E-state index is 5.35. The van der Waals surface area contributed by atoms with Gasteiger partial charge in [-0.2, -0.15) is 6.35 Å². The van der Waals surface area contributed by atoms with Crippen molar-refractivity contribution < 1.29 is 0 Å². The average Bonchev–Trinajstić information content (AvgIpc) is 1.70. The van der Waals surface area contributed by atoms with E-state index >= 15 is 0 Å². The first kappa shape index (κ1) is 54.1. The van der Waals surface area contributed by atoms with Gasteiger partial charge in [0.05, 0.1) is 11.0 Å². The Bertz CT molecular complexity index is 5720. The number of halogens is 1. The van der Waals surface area contributed by atoms with Crippen LogP contribution in [0.1, 0.15) is 0 Å². The van der Waals surface area contributed by atoms with Crippen LogP contribution in [0.15, 0.2) is 299 Å². The molecule has 19 nitrogen and oxygen atoms in total. The third-order valence-electron chi connectivity index (χ3n) is 15.4. The molecule has 1 aliphatic heterocycles. The highest BCUT2D eigenvalue weighted by Gasteiger charge is 2.17. The molecule has 7 aromatic heterocycles. The molecule has 0 spiro atoms. The molecule has 0 saturated heterocycles. The molecule has 0 atom stereocenters. The minimum Gasteiger partial charge on any atom is -0.309 e. The van der Waals surface area contributed by atoms with Gasteiger partial charge in [-0.3, -0.25) is 27.4 Å². The summed E-state index contributed by atoms with van der Waals surface area (Å²) in [5.74, 6) is 0.602. The predicted octanol–water partition coefficient (Wildman–Crippen LogP) is 14.9. The Hall–Kier alpha value is -12.3. The molecule has 434 valence electrons.